The molecule has 19 heavy (non-hydrogen) atoms. The zero-order valence-corrected chi connectivity index (χ0v) is 11.3. The molecule has 1 atom stereocenters. The monoisotopic (exact) mass is 265 g/mol. The SMILES string of the molecule is COC1CCN(c2cnn(CCC(C)=O)c(=O)c2)C1. The van der Waals surface area contributed by atoms with Crippen LogP contribution in [0.1, 0.15) is 19.8 Å². The van der Waals surface area contributed by atoms with E-state index in [-0.39, 0.29) is 17.4 Å². The Kier molecular flexibility index (Phi) is 4.31. The lowest BCUT2D eigenvalue weighted by Gasteiger charge is -2.17. The summed E-state index contributed by atoms with van der Waals surface area (Å²) in [6.45, 7) is 3.51. The Balaban J connectivity index is 2.07. The van der Waals surface area contributed by atoms with E-state index < -0.39 is 0 Å². The first kappa shape index (κ1) is 13.7. The fraction of sp³-hybridized carbons (Fsp3) is 0.615. The highest BCUT2D eigenvalue weighted by Gasteiger charge is 2.22. The van der Waals surface area contributed by atoms with Gasteiger partial charge in [0.25, 0.3) is 5.56 Å². The number of nitrogens with zero attached hydrogens (tertiary/aromatic N) is 3. The van der Waals surface area contributed by atoms with Gasteiger partial charge in [-0.1, -0.05) is 0 Å². The van der Waals surface area contributed by atoms with E-state index in [1.807, 2.05) is 0 Å². The average Bonchev–Trinajstić information content (AvgIpc) is 2.85. The quantitative estimate of drug-likeness (QED) is 0.773. The molecule has 1 saturated heterocycles. The van der Waals surface area contributed by atoms with Gasteiger partial charge in [-0.2, -0.15) is 5.10 Å². The van der Waals surface area contributed by atoms with Crippen molar-refractivity contribution in [2.45, 2.75) is 32.4 Å². The zero-order chi connectivity index (χ0) is 13.8. The van der Waals surface area contributed by atoms with Gasteiger partial charge in [0.05, 0.1) is 24.5 Å². The van der Waals surface area contributed by atoms with Gasteiger partial charge in [-0.25, -0.2) is 4.68 Å². The molecular weight excluding hydrogens is 246 g/mol. The third-order valence-electron chi connectivity index (χ3n) is 3.37. The van der Waals surface area contributed by atoms with Gasteiger partial charge >= 0.3 is 0 Å². The van der Waals surface area contributed by atoms with Crippen LogP contribution in [0.2, 0.25) is 0 Å². The summed E-state index contributed by atoms with van der Waals surface area (Å²) in [5.74, 6) is 0.0558. The van der Waals surface area contributed by atoms with E-state index in [1.165, 1.54) is 11.6 Å². The average molecular weight is 265 g/mol. The van der Waals surface area contributed by atoms with Crippen LogP contribution >= 0.6 is 0 Å². The molecule has 0 bridgehead atoms. The van der Waals surface area contributed by atoms with Gasteiger partial charge in [0.2, 0.25) is 0 Å². The van der Waals surface area contributed by atoms with Crippen molar-refractivity contribution >= 4 is 11.5 Å². The third kappa shape index (κ3) is 3.41. The van der Waals surface area contributed by atoms with Crippen LogP contribution in [-0.2, 0) is 16.1 Å². The van der Waals surface area contributed by atoms with E-state index in [0.29, 0.717) is 13.0 Å². The standard InChI is InChI=1S/C13H19N3O3/c1-10(17)3-6-16-13(18)7-11(8-14-16)15-5-4-12(9-15)19-2/h7-8,12H,3-6,9H2,1-2H3. The summed E-state index contributed by atoms with van der Waals surface area (Å²) in [7, 11) is 1.70. The first-order valence-corrected chi connectivity index (χ1v) is 6.44. The molecule has 1 aliphatic heterocycles. The second-order valence-corrected chi connectivity index (χ2v) is 4.82. The predicted molar refractivity (Wildman–Crippen MR) is 71.4 cm³/mol. The van der Waals surface area contributed by atoms with Crippen LogP contribution < -0.4 is 10.5 Å². The van der Waals surface area contributed by atoms with Crippen LogP contribution in [0.4, 0.5) is 5.69 Å². The van der Waals surface area contributed by atoms with E-state index in [2.05, 4.69) is 10.00 Å². The summed E-state index contributed by atoms with van der Waals surface area (Å²) in [4.78, 5) is 24.9. The van der Waals surface area contributed by atoms with Crippen LogP contribution in [0.3, 0.4) is 0 Å². The number of Topliss-reactive ketones (excluding diaryl/α,β-unsaturated/α-hetero) is 1. The summed E-state index contributed by atoms with van der Waals surface area (Å²) in [6.07, 6.45) is 3.20. The van der Waals surface area contributed by atoms with Gasteiger partial charge in [0.15, 0.2) is 0 Å². The summed E-state index contributed by atoms with van der Waals surface area (Å²) in [6, 6.07) is 1.57. The van der Waals surface area contributed by atoms with E-state index in [9.17, 15) is 9.59 Å². The normalized spacial score (nSPS) is 18.8. The van der Waals surface area contributed by atoms with E-state index in [1.54, 1.807) is 19.4 Å². The molecule has 0 saturated carbocycles. The Hall–Kier alpha value is -1.69. The van der Waals surface area contributed by atoms with Crippen LogP contribution in [0.15, 0.2) is 17.1 Å². The molecule has 0 spiro atoms. The largest absolute Gasteiger partial charge is 0.380 e. The Labute approximate surface area is 112 Å². The zero-order valence-electron chi connectivity index (χ0n) is 11.3. The minimum absolute atomic E-state index is 0.0558. The maximum Gasteiger partial charge on any atom is 0.268 e. The van der Waals surface area contributed by atoms with Gasteiger partial charge in [-0.05, 0) is 13.3 Å². The number of ether oxygens (including phenoxy) is 1. The van der Waals surface area contributed by atoms with Crippen molar-refractivity contribution in [3.63, 3.8) is 0 Å². The molecule has 0 N–H and O–H groups in total. The van der Waals surface area contributed by atoms with Crippen LogP contribution in [0.5, 0.6) is 0 Å². The van der Waals surface area contributed by atoms with Crippen molar-refractivity contribution in [3.8, 4) is 0 Å². The number of hydrogen-bond donors (Lipinski definition) is 0. The van der Waals surface area contributed by atoms with E-state index in [4.69, 9.17) is 4.74 Å². The molecule has 104 valence electrons. The molecule has 1 aliphatic rings. The van der Waals surface area contributed by atoms with Crippen molar-refractivity contribution in [1.82, 2.24) is 9.78 Å². The fourth-order valence-electron chi connectivity index (χ4n) is 2.18. The number of carbonyl (C=O) groups is 1. The van der Waals surface area contributed by atoms with Crippen molar-refractivity contribution < 1.29 is 9.53 Å². The third-order valence-corrected chi connectivity index (χ3v) is 3.37. The number of rotatable bonds is 5. The molecule has 0 aromatic carbocycles. The number of aromatic nitrogens is 2. The molecule has 2 heterocycles. The van der Waals surface area contributed by atoms with Crippen molar-refractivity contribution in [2.24, 2.45) is 0 Å². The Morgan fingerprint density at radius 1 is 1.58 bits per heavy atom. The van der Waals surface area contributed by atoms with E-state index >= 15 is 0 Å². The number of hydrogen-bond acceptors (Lipinski definition) is 5. The maximum absolute atomic E-state index is 11.9. The highest BCUT2D eigenvalue weighted by Crippen LogP contribution is 2.19. The molecule has 0 radical (unpaired) electrons. The maximum atomic E-state index is 11.9. The number of methoxy groups -OCH3 is 1. The van der Waals surface area contributed by atoms with Crippen LogP contribution in [-0.4, -0.2) is 41.9 Å². The van der Waals surface area contributed by atoms with Gasteiger partial charge < -0.3 is 9.64 Å². The Morgan fingerprint density at radius 3 is 2.95 bits per heavy atom. The molecule has 0 aliphatic carbocycles. The number of ketones is 1. The lowest BCUT2D eigenvalue weighted by atomic mass is 10.3. The Morgan fingerprint density at radius 2 is 2.37 bits per heavy atom. The first-order valence-electron chi connectivity index (χ1n) is 6.44. The topological polar surface area (TPSA) is 64.4 Å². The molecule has 6 heteroatoms. The predicted octanol–water partition coefficient (Wildman–Crippen LogP) is 0.447. The van der Waals surface area contributed by atoms with E-state index in [0.717, 1.165) is 25.2 Å². The summed E-state index contributed by atoms with van der Waals surface area (Å²) in [5.41, 5.74) is 0.656. The summed E-state index contributed by atoms with van der Waals surface area (Å²) in [5, 5.41) is 4.12. The second-order valence-electron chi connectivity index (χ2n) is 4.82. The highest BCUT2D eigenvalue weighted by molar-refractivity contribution is 5.75. The lowest BCUT2D eigenvalue weighted by molar-refractivity contribution is -0.117. The molecule has 1 fully saturated rings. The van der Waals surface area contributed by atoms with Gasteiger partial charge in [0, 0.05) is 32.7 Å². The fourth-order valence-corrected chi connectivity index (χ4v) is 2.18. The summed E-state index contributed by atoms with van der Waals surface area (Å²) < 4.78 is 6.63. The van der Waals surface area contributed by atoms with Crippen LogP contribution in [0.25, 0.3) is 0 Å². The van der Waals surface area contributed by atoms with Crippen molar-refractivity contribution in [1.29, 1.82) is 0 Å². The van der Waals surface area contributed by atoms with Gasteiger partial charge in [-0.3, -0.25) is 9.59 Å². The molecule has 1 aromatic rings. The molecule has 6 nitrogen and oxygen atoms in total. The second kappa shape index (κ2) is 5.97. The summed E-state index contributed by atoms with van der Waals surface area (Å²) >= 11 is 0. The first-order chi connectivity index (χ1) is 9.10. The molecular formula is C13H19N3O3. The molecule has 2 rings (SSSR count). The highest BCUT2D eigenvalue weighted by atomic mass is 16.5. The minimum Gasteiger partial charge on any atom is -0.380 e. The van der Waals surface area contributed by atoms with Gasteiger partial charge in [0.1, 0.15) is 5.78 Å². The van der Waals surface area contributed by atoms with Crippen molar-refractivity contribution in [3.05, 3.63) is 22.6 Å². The Bertz CT molecular complexity index is 512. The molecule has 0 amide bonds. The molecule has 1 unspecified atom stereocenters. The minimum atomic E-state index is -0.167. The number of carbonyl (C=O) groups excluding carboxylic acids is 1. The lowest BCUT2D eigenvalue weighted by Crippen LogP contribution is -2.28. The smallest absolute Gasteiger partial charge is 0.268 e. The van der Waals surface area contributed by atoms with Crippen molar-refractivity contribution in [2.75, 3.05) is 25.1 Å². The number of anilines is 1. The molecule has 1 aromatic heterocycles. The number of aryl methyl sites for hydroxylation is 1. The van der Waals surface area contributed by atoms with Gasteiger partial charge in [-0.15, -0.1) is 0 Å². The van der Waals surface area contributed by atoms with Crippen LogP contribution in [0, 0.1) is 0 Å².